The number of rotatable bonds is 8. The number of carbonyl (C=O) groups excluding carboxylic acids is 1. The van der Waals surface area contributed by atoms with Gasteiger partial charge >= 0.3 is 0 Å². The van der Waals surface area contributed by atoms with Crippen LogP contribution in [0, 0.1) is 5.82 Å². The molecule has 1 amide bonds. The lowest BCUT2D eigenvalue weighted by Crippen LogP contribution is -2.44. The maximum atomic E-state index is 13.3. The molecule has 0 saturated carbocycles. The Morgan fingerprint density at radius 3 is 2.45 bits per heavy atom. The van der Waals surface area contributed by atoms with Crippen molar-refractivity contribution in [1.29, 1.82) is 0 Å². The van der Waals surface area contributed by atoms with Gasteiger partial charge in [0, 0.05) is 23.2 Å². The van der Waals surface area contributed by atoms with Gasteiger partial charge in [-0.3, -0.25) is 4.79 Å². The normalized spacial score (nSPS) is 11.7. The molecule has 3 rings (SSSR count). The van der Waals surface area contributed by atoms with E-state index in [1.807, 2.05) is 48.4 Å². The van der Waals surface area contributed by atoms with Crippen molar-refractivity contribution in [2.75, 3.05) is 18.6 Å². The van der Waals surface area contributed by atoms with Crippen LogP contribution in [0.15, 0.2) is 53.9 Å². The minimum Gasteiger partial charge on any atom is -0.497 e. The number of nitrogens with zero attached hydrogens (tertiary/aromatic N) is 2. The monoisotopic (exact) mass is 413 g/mol. The van der Waals surface area contributed by atoms with E-state index in [2.05, 4.69) is 5.32 Å². The van der Waals surface area contributed by atoms with Gasteiger partial charge < -0.3 is 15.0 Å². The number of benzene rings is 2. The van der Waals surface area contributed by atoms with E-state index >= 15 is 0 Å². The standard InChI is InChI=1S/C22H24FN3O2S/c1-4-20(21(27)24-5-2)26(17-10-12-18(28-3)13-11-17)22-25-19(14-29-22)15-6-8-16(23)9-7-15/h6-14,20H,4-5H2,1-3H3,(H,24,27)/t20-/m0/s1. The van der Waals surface area contributed by atoms with Crippen LogP contribution in [0.5, 0.6) is 5.75 Å². The van der Waals surface area contributed by atoms with Crippen LogP contribution in [-0.4, -0.2) is 30.6 Å². The first kappa shape index (κ1) is 20.8. The molecule has 5 nitrogen and oxygen atoms in total. The van der Waals surface area contributed by atoms with Gasteiger partial charge in [-0.2, -0.15) is 0 Å². The number of amides is 1. The molecule has 0 saturated heterocycles. The zero-order valence-corrected chi connectivity index (χ0v) is 17.5. The molecule has 0 fully saturated rings. The molecule has 1 heterocycles. The molecule has 0 aliphatic heterocycles. The third-order valence-electron chi connectivity index (χ3n) is 4.54. The van der Waals surface area contributed by atoms with E-state index in [1.54, 1.807) is 19.2 Å². The van der Waals surface area contributed by atoms with Crippen molar-refractivity contribution in [2.45, 2.75) is 26.3 Å². The van der Waals surface area contributed by atoms with E-state index in [0.717, 1.165) is 22.7 Å². The number of hydrogen-bond acceptors (Lipinski definition) is 5. The fourth-order valence-electron chi connectivity index (χ4n) is 3.07. The Labute approximate surface area is 174 Å². The summed E-state index contributed by atoms with van der Waals surface area (Å²) in [6, 6.07) is 13.4. The van der Waals surface area contributed by atoms with E-state index in [-0.39, 0.29) is 11.7 Å². The lowest BCUT2D eigenvalue weighted by Gasteiger charge is -2.30. The predicted molar refractivity (Wildman–Crippen MR) is 115 cm³/mol. The molecule has 2 aromatic carbocycles. The molecular formula is C22H24FN3O2S. The Morgan fingerprint density at radius 2 is 1.86 bits per heavy atom. The topological polar surface area (TPSA) is 54.5 Å². The Kier molecular flexibility index (Phi) is 6.82. The minimum absolute atomic E-state index is 0.0515. The van der Waals surface area contributed by atoms with Crippen molar-refractivity contribution in [2.24, 2.45) is 0 Å². The van der Waals surface area contributed by atoms with Crippen LogP contribution in [0.1, 0.15) is 20.3 Å². The number of hydrogen-bond donors (Lipinski definition) is 1. The summed E-state index contributed by atoms with van der Waals surface area (Å²) in [6.07, 6.45) is 0.614. The summed E-state index contributed by atoms with van der Waals surface area (Å²) in [4.78, 5) is 19.5. The number of anilines is 2. The first-order valence-corrected chi connectivity index (χ1v) is 10.4. The Balaban J connectivity index is 2.02. The fraction of sp³-hybridized carbons (Fsp3) is 0.273. The number of likely N-dealkylation sites (N-methyl/N-ethyl adjacent to an activating group) is 1. The van der Waals surface area contributed by atoms with Crippen molar-refractivity contribution in [3.8, 4) is 17.0 Å². The van der Waals surface area contributed by atoms with Crippen molar-refractivity contribution in [3.05, 3.63) is 59.7 Å². The number of thiazole rings is 1. The lowest BCUT2D eigenvalue weighted by molar-refractivity contribution is -0.122. The van der Waals surface area contributed by atoms with Gasteiger partial charge in [0.1, 0.15) is 17.6 Å². The SMILES string of the molecule is CCNC(=O)[C@H](CC)N(c1ccc(OC)cc1)c1nc(-c2ccc(F)cc2)cs1. The first-order chi connectivity index (χ1) is 14.1. The maximum absolute atomic E-state index is 13.3. The van der Waals surface area contributed by atoms with Gasteiger partial charge in [-0.1, -0.05) is 6.92 Å². The molecular weight excluding hydrogens is 389 g/mol. The van der Waals surface area contributed by atoms with E-state index in [9.17, 15) is 9.18 Å². The summed E-state index contributed by atoms with van der Waals surface area (Å²) < 4.78 is 18.5. The third kappa shape index (κ3) is 4.74. The molecule has 0 aliphatic carbocycles. The van der Waals surface area contributed by atoms with Crippen LogP contribution < -0.4 is 15.0 Å². The summed E-state index contributed by atoms with van der Waals surface area (Å²) in [5.41, 5.74) is 2.42. The number of carbonyl (C=O) groups is 1. The molecule has 0 radical (unpaired) electrons. The third-order valence-corrected chi connectivity index (χ3v) is 5.38. The van der Waals surface area contributed by atoms with Crippen LogP contribution in [0.2, 0.25) is 0 Å². The fourth-order valence-corrected chi connectivity index (χ4v) is 3.98. The highest BCUT2D eigenvalue weighted by Crippen LogP contribution is 2.35. The zero-order chi connectivity index (χ0) is 20.8. The molecule has 0 spiro atoms. The predicted octanol–water partition coefficient (Wildman–Crippen LogP) is 5.01. The van der Waals surface area contributed by atoms with E-state index in [1.165, 1.54) is 23.5 Å². The highest BCUT2D eigenvalue weighted by atomic mass is 32.1. The number of ether oxygens (including phenoxy) is 1. The summed E-state index contributed by atoms with van der Waals surface area (Å²) in [7, 11) is 1.62. The number of halogens is 1. The maximum Gasteiger partial charge on any atom is 0.243 e. The lowest BCUT2D eigenvalue weighted by atomic mass is 10.1. The van der Waals surface area contributed by atoms with Crippen LogP contribution >= 0.6 is 11.3 Å². The van der Waals surface area contributed by atoms with E-state index in [4.69, 9.17) is 9.72 Å². The molecule has 152 valence electrons. The van der Waals surface area contributed by atoms with E-state index in [0.29, 0.717) is 18.1 Å². The largest absolute Gasteiger partial charge is 0.497 e. The smallest absolute Gasteiger partial charge is 0.243 e. The van der Waals surface area contributed by atoms with Gasteiger partial charge in [-0.15, -0.1) is 11.3 Å². The van der Waals surface area contributed by atoms with Crippen LogP contribution in [0.3, 0.4) is 0 Å². The summed E-state index contributed by atoms with van der Waals surface area (Å²) in [5.74, 6) is 0.404. The second-order valence-electron chi connectivity index (χ2n) is 6.41. The number of nitrogens with one attached hydrogen (secondary N) is 1. The summed E-state index contributed by atoms with van der Waals surface area (Å²) in [6.45, 7) is 4.44. The van der Waals surface area contributed by atoms with Crippen molar-refractivity contribution >= 4 is 28.1 Å². The molecule has 0 aliphatic rings. The van der Waals surface area contributed by atoms with Crippen LogP contribution in [0.25, 0.3) is 11.3 Å². The summed E-state index contributed by atoms with van der Waals surface area (Å²) >= 11 is 1.45. The van der Waals surface area contributed by atoms with Gasteiger partial charge in [0.05, 0.1) is 12.8 Å². The quantitative estimate of drug-likeness (QED) is 0.564. The molecule has 29 heavy (non-hydrogen) atoms. The van der Waals surface area contributed by atoms with Gasteiger partial charge in [0.15, 0.2) is 5.13 Å². The van der Waals surface area contributed by atoms with Gasteiger partial charge in [0.2, 0.25) is 5.91 Å². The van der Waals surface area contributed by atoms with Crippen molar-refractivity contribution < 1.29 is 13.9 Å². The highest BCUT2D eigenvalue weighted by Gasteiger charge is 2.28. The van der Waals surface area contributed by atoms with Crippen LogP contribution in [0.4, 0.5) is 15.2 Å². The molecule has 3 aromatic rings. The van der Waals surface area contributed by atoms with Crippen LogP contribution in [-0.2, 0) is 4.79 Å². The summed E-state index contributed by atoms with van der Waals surface area (Å²) in [5, 5.41) is 5.54. The zero-order valence-electron chi connectivity index (χ0n) is 16.7. The molecule has 0 unspecified atom stereocenters. The van der Waals surface area contributed by atoms with E-state index < -0.39 is 6.04 Å². The van der Waals surface area contributed by atoms with Crippen molar-refractivity contribution in [1.82, 2.24) is 10.3 Å². The molecule has 7 heteroatoms. The average molecular weight is 414 g/mol. The average Bonchev–Trinajstić information content (AvgIpc) is 3.22. The molecule has 0 bridgehead atoms. The molecule has 1 atom stereocenters. The number of methoxy groups -OCH3 is 1. The minimum atomic E-state index is -0.407. The number of aromatic nitrogens is 1. The van der Waals surface area contributed by atoms with Gasteiger partial charge in [-0.05, 0) is 61.9 Å². The first-order valence-electron chi connectivity index (χ1n) is 9.49. The molecule has 1 N–H and O–H groups in total. The van der Waals surface area contributed by atoms with Crippen molar-refractivity contribution in [3.63, 3.8) is 0 Å². The van der Waals surface area contributed by atoms with Gasteiger partial charge in [-0.25, -0.2) is 9.37 Å². The second kappa shape index (κ2) is 9.52. The molecule has 1 aromatic heterocycles. The van der Waals surface area contributed by atoms with Gasteiger partial charge in [0.25, 0.3) is 0 Å². The highest BCUT2D eigenvalue weighted by molar-refractivity contribution is 7.14. The Morgan fingerprint density at radius 1 is 1.17 bits per heavy atom. The Bertz CT molecular complexity index is 941. The Hall–Kier alpha value is -2.93. The second-order valence-corrected chi connectivity index (χ2v) is 7.25.